The van der Waals surface area contributed by atoms with Crippen molar-refractivity contribution in [2.24, 2.45) is 0 Å². The van der Waals surface area contributed by atoms with Gasteiger partial charge in [-0.1, -0.05) is 12.1 Å². The zero-order valence-corrected chi connectivity index (χ0v) is 10.6. The van der Waals surface area contributed by atoms with Gasteiger partial charge in [0.2, 0.25) is 5.91 Å². The van der Waals surface area contributed by atoms with E-state index in [1.807, 2.05) is 0 Å². The summed E-state index contributed by atoms with van der Waals surface area (Å²) in [6, 6.07) is 6.86. The van der Waals surface area contributed by atoms with Crippen molar-refractivity contribution in [2.45, 2.75) is 19.4 Å². The SMILES string of the molecule is CNC(=O)c1cccc(CNC(=O)CCC(=O)O)c1. The third kappa shape index (κ3) is 5.20. The molecule has 0 saturated carbocycles. The van der Waals surface area contributed by atoms with E-state index in [1.54, 1.807) is 31.3 Å². The van der Waals surface area contributed by atoms with E-state index in [-0.39, 0.29) is 31.2 Å². The van der Waals surface area contributed by atoms with Gasteiger partial charge in [0.15, 0.2) is 0 Å². The van der Waals surface area contributed by atoms with Crippen LogP contribution in [0.25, 0.3) is 0 Å². The summed E-state index contributed by atoms with van der Waals surface area (Å²) in [5.41, 5.74) is 1.30. The Bertz CT molecular complexity index is 485. The van der Waals surface area contributed by atoms with E-state index in [0.717, 1.165) is 5.56 Å². The first kappa shape index (κ1) is 14.7. The van der Waals surface area contributed by atoms with Crippen molar-refractivity contribution in [3.8, 4) is 0 Å². The lowest BCUT2D eigenvalue weighted by molar-refractivity contribution is -0.138. The lowest BCUT2D eigenvalue weighted by Crippen LogP contribution is -2.23. The molecule has 0 aromatic heterocycles. The molecule has 1 aromatic rings. The van der Waals surface area contributed by atoms with Gasteiger partial charge in [-0.2, -0.15) is 0 Å². The number of rotatable bonds is 6. The van der Waals surface area contributed by atoms with Crippen molar-refractivity contribution in [3.05, 3.63) is 35.4 Å². The van der Waals surface area contributed by atoms with E-state index in [4.69, 9.17) is 5.11 Å². The summed E-state index contributed by atoms with van der Waals surface area (Å²) in [4.78, 5) is 33.1. The normalized spacial score (nSPS) is 9.74. The molecule has 0 aliphatic carbocycles. The fourth-order valence-corrected chi connectivity index (χ4v) is 1.48. The lowest BCUT2D eigenvalue weighted by atomic mass is 10.1. The molecule has 1 rings (SSSR count). The number of hydrogen-bond acceptors (Lipinski definition) is 3. The number of carbonyl (C=O) groups excluding carboxylic acids is 2. The maximum atomic E-state index is 11.4. The summed E-state index contributed by atoms with van der Waals surface area (Å²) in [6.45, 7) is 0.267. The molecule has 2 amide bonds. The Hall–Kier alpha value is -2.37. The second-order valence-electron chi connectivity index (χ2n) is 3.95. The number of hydrogen-bond donors (Lipinski definition) is 3. The van der Waals surface area contributed by atoms with E-state index in [2.05, 4.69) is 10.6 Å². The number of carboxylic acid groups (broad SMARTS) is 1. The number of carbonyl (C=O) groups is 3. The molecule has 0 saturated heterocycles. The van der Waals surface area contributed by atoms with Crippen LogP contribution in [0.4, 0.5) is 0 Å². The lowest BCUT2D eigenvalue weighted by Gasteiger charge is -2.06. The van der Waals surface area contributed by atoms with Crippen LogP contribution in [0.3, 0.4) is 0 Å². The first-order chi connectivity index (χ1) is 9.02. The Kier molecular flexibility index (Phi) is 5.53. The van der Waals surface area contributed by atoms with Crippen LogP contribution in [0.15, 0.2) is 24.3 Å². The van der Waals surface area contributed by atoms with E-state index < -0.39 is 5.97 Å². The topological polar surface area (TPSA) is 95.5 Å². The van der Waals surface area contributed by atoms with Gasteiger partial charge in [0, 0.05) is 25.6 Å². The average molecular weight is 264 g/mol. The van der Waals surface area contributed by atoms with Crippen LogP contribution >= 0.6 is 0 Å². The Morgan fingerprint density at radius 1 is 1.21 bits per heavy atom. The molecule has 19 heavy (non-hydrogen) atoms. The smallest absolute Gasteiger partial charge is 0.303 e. The molecule has 0 atom stereocenters. The molecular formula is C13H16N2O4. The third-order valence-electron chi connectivity index (χ3n) is 2.47. The van der Waals surface area contributed by atoms with E-state index in [0.29, 0.717) is 5.56 Å². The molecule has 1 aromatic carbocycles. The predicted octanol–water partition coefficient (Wildman–Crippen LogP) is 0.527. The standard InChI is InChI=1S/C13H16N2O4/c1-14-13(19)10-4-2-3-9(7-10)8-15-11(16)5-6-12(17)18/h2-4,7H,5-6,8H2,1H3,(H,14,19)(H,15,16)(H,17,18). The second kappa shape index (κ2) is 7.15. The first-order valence-electron chi connectivity index (χ1n) is 5.82. The summed E-state index contributed by atoms with van der Waals surface area (Å²) in [5, 5.41) is 13.6. The maximum absolute atomic E-state index is 11.4. The van der Waals surface area contributed by atoms with Crippen LogP contribution in [0.1, 0.15) is 28.8 Å². The van der Waals surface area contributed by atoms with Gasteiger partial charge in [0.1, 0.15) is 0 Å². The number of nitrogens with one attached hydrogen (secondary N) is 2. The van der Waals surface area contributed by atoms with Gasteiger partial charge in [0.25, 0.3) is 5.91 Å². The molecule has 102 valence electrons. The third-order valence-corrected chi connectivity index (χ3v) is 2.47. The molecule has 0 unspecified atom stereocenters. The second-order valence-corrected chi connectivity index (χ2v) is 3.95. The van der Waals surface area contributed by atoms with Crippen molar-refractivity contribution in [1.29, 1.82) is 0 Å². The van der Waals surface area contributed by atoms with E-state index >= 15 is 0 Å². The Morgan fingerprint density at radius 3 is 2.58 bits per heavy atom. The summed E-state index contributed by atoms with van der Waals surface area (Å²) in [5.74, 6) is -1.52. The first-order valence-corrected chi connectivity index (χ1v) is 5.82. The van der Waals surface area contributed by atoms with Crippen molar-refractivity contribution in [3.63, 3.8) is 0 Å². The molecule has 0 bridgehead atoms. The summed E-state index contributed by atoms with van der Waals surface area (Å²) < 4.78 is 0. The van der Waals surface area contributed by atoms with Crippen LogP contribution in [0, 0.1) is 0 Å². The highest BCUT2D eigenvalue weighted by Gasteiger charge is 2.06. The number of benzene rings is 1. The number of carboxylic acids is 1. The van der Waals surface area contributed by atoms with Crippen molar-refractivity contribution in [1.82, 2.24) is 10.6 Å². The van der Waals surface area contributed by atoms with Crippen LogP contribution in [-0.2, 0) is 16.1 Å². The van der Waals surface area contributed by atoms with E-state index in [1.165, 1.54) is 0 Å². The Labute approximate surface area is 110 Å². The summed E-state index contributed by atoms with van der Waals surface area (Å²) >= 11 is 0. The number of amides is 2. The van der Waals surface area contributed by atoms with E-state index in [9.17, 15) is 14.4 Å². The van der Waals surface area contributed by atoms with Crippen molar-refractivity contribution in [2.75, 3.05) is 7.05 Å². The largest absolute Gasteiger partial charge is 0.481 e. The molecular weight excluding hydrogens is 248 g/mol. The monoisotopic (exact) mass is 264 g/mol. The molecule has 0 heterocycles. The molecule has 0 aliphatic heterocycles. The maximum Gasteiger partial charge on any atom is 0.303 e. The van der Waals surface area contributed by atoms with Crippen molar-refractivity contribution < 1.29 is 19.5 Å². The highest BCUT2D eigenvalue weighted by molar-refractivity contribution is 5.94. The quantitative estimate of drug-likeness (QED) is 0.698. The fraction of sp³-hybridized carbons (Fsp3) is 0.308. The van der Waals surface area contributed by atoms with Gasteiger partial charge in [-0.25, -0.2) is 0 Å². The molecule has 0 fully saturated rings. The summed E-state index contributed by atoms with van der Waals surface area (Å²) in [6.07, 6.45) is -0.241. The minimum absolute atomic E-state index is 0.0511. The molecule has 0 spiro atoms. The van der Waals surface area contributed by atoms with Gasteiger partial charge >= 0.3 is 5.97 Å². The predicted molar refractivity (Wildman–Crippen MR) is 68.5 cm³/mol. The van der Waals surface area contributed by atoms with Gasteiger partial charge in [-0.15, -0.1) is 0 Å². The summed E-state index contributed by atoms with van der Waals surface area (Å²) in [7, 11) is 1.54. The van der Waals surface area contributed by atoms with Crippen LogP contribution in [0.5, 0.6) is 0 Å². The van der Waals surface area contributed by atoms with Gasteiger partial charge in [-0.3, -0.25) is 14.4 Å². The Balaban J connectivity index is 2.51. The highest BCUT2D eigenvalue weighted by Crippen LogP contribution is 2.05. The molecule has 6 nitrogen and oxygen atoms in total. The highest BCUT2D eigenvalue weighted by atomic mass is 16.4. The van der Waals surface area contributed by atoms with Crippen LogP contribution in [-0.4, -0.2) is 29.9 Å². The zero-order chi connectivity index (χ0) is 14.3. The van der Waals surface area contributed by atoms with Gasteiger partial charge in [0.05, 0.1) is 6.42 Å². The van der Waals surface area contributed by atoms with Gasteiger partial charge in [-0.05, 0) is 17.7 Å². The molecule has 6 heteroatoms. The van der Waals surface area contributed by atoms with Crippen LogP contribution < -0.4 is 10.6 Å². The molecule has 0 radical (unpaired) electrons. The minimum atomic E-state index is -1.00. The van der Waals surface area contributed by atoms with Gasteiger partial charge < -0.3 is 15.7 Å². The average Bonchev–Trinajstić information content (AvgIpc) is 2.42. The number of aliphatic carboxylic acids is 1. The Morgan fingerprint density at radius 2 is 1.95 bits per heavy atom. The molecule has 0 aliphatic rings. The van der Waals surface area contributed by atoms with Crippen LogP contribution in [0.2, 0.25) is 0 Å². The minimum Gasteiger partial charge on any atom is -0.481 e. The zero-order valence-electron chi connectivity index (χ0n) is 10.6. The van der Waals surface area contributed by atoms with Crippen molar-refractivity contribution >= 4 is 17.8 Å². The fourth-order valence-electron chi connectivity index (χ4n) is 1.48. The molecule has 3 N–H and O–H groups in total.